The van der Waals surface area contributed by atoms with Crippen LogP contribution in [0.4, 0.5) is 5.95 Å². The van der Waals surface area contributed by atoms with Crippen LogP contribution in [-0.4, -0.2) is 47.5 Å². The molecule has 0 fully saturated rings. The van der Waals surface area contributed by atoms with Crippen molar-refractivity contribution in [3.8, 4) is 5.69 Å². The van der Waals surface area contributed by atoms with E-state index in [-0.39, 0.29) is 11.5 Å². The van der Waals surface area contributed by atoms with Crippen molar-refractivity contribution in [3.05, 3.63) is 64.4 Å². The molecule has 2 heterocycles. The van der Waals surface area contributed by atoms with Crippen LogP contribution in [-0.2, 0) is 0 Å². The van der Waals surface area contributed by atoms with Gasteiger partial charge in [-0.2, -0.15) is 0 Å². The first-order valence-electron chi connectivity index (χ1n) is 8.16. The fourth-order valence-corrected chi connectivity index (χ4v) is 3.15. The number of hydrogen-bond acceptors (Lipinski definition) is 4. The quantitative estimate of drug-likeness (QED) is 0.630. The van der Waals surface area contributed by atoms with E-state index in [1.807, 2.05) is 42.3 Å². The minimum atomic E-state index is -0.169. The number of carbonyl (C=O) groups excluding carboxylic acids is 1. The van der Waals surface area contributed by atoms with Gasteiger partial charge in [0.15, 0.2) is 0 Å². The maximum atomic E-state index is 13.2. The molecule has 0 spiro atoms. The van der Waals surface area contributed by atoms with Crippen molar-refractivity contribution in [1.82, 2.24) is 14.5 Å². The van der Waals surface area contributed by atoms with Crippen LogP contribution < -0.4 is 10.5 Å². The number of aromatic nitrogens is 2. The SMILES string of the molecule is CN1CCN(C)c2nc3ccccc3c(=O)n2-c2ccccc2C1=O. The van der Waals surface area contributed by atoms with Crippen LogP contribution in [0.3, 0.4) is 0 Å². The van der Waals surface area contributed by atoms with Gasteiger partial charge in [0.2, 0.25) is 5.95 Å². The van der Waals surface area contributed by atoms with Crippen LogP contribution in [0.15, 0.2) is 53.3 Å². The van der Waals surface area contributed by atoms with Gasteiger partial charge < -0.3 is 9.80 Å². The zero-order chi connectivity index (χ0) is 17.6. The lowest BCUT2D eigenvalue weighted by Gasteiger charge is -2.22. The third-order valence-corrected chi connectivity index (χ3v) is 4.59. The van der Waals surface area contributed by atoms with Gasteiger partial charge in [0, 0.05) is 27.2 Å². The van der Waals surface area contributed by atoms with E-state index in [0.717, 1.165) is 0 Å². The summed E-state index contributed by atoms with van der Waals surface area (Å²) in [6.45, 7) is 1.13. The summed E-state index contributed by atoms with van der Waals surface area (Å²) >= 11 is 0. The molecule has 3 aromatic rings. The first-order chi connectivity index (χ1) is 12.1. The Morgan fingerprint density at radius 2 is 1.56 bits per heavy atom. The number of fused-ring (bicyclic) bond motifs is 4. The predicted molar refractivity (Wildman–Crippen MR) is 97.6 cm³/mol. The minimum absolute atomic E-state index is 0.100. The smallest absolute Gasteiger partial charge is 0.267 e. The van der Waals surface area contributed by atoms with E-state index in [1.54, 1.807) is 34.7 Å². The molecule has 4 rings (SSSR count). The first kappa shape index (κ1) is 15.4. The number of rotatable bonds is 0. The summed E-state index contributed by atoms with van der Waals surface area (Å²) in [6, 6.07) is 14.5. The van der Waals surface area contributed by atoms with Crippen molar-refractivity contribution < 1.29 is 4.79 Å². The van der Waals surface area contributed by atoms with E-state index in [2.05, 4.69) is 0 Å². The number of amides is 1. The molecule has 6 nitrogen and oxygen atoms in total. The van der Waals surface area contributed by atoms with Gasteiger partial charge in [0.1, 0.15) is 0 Å². The maximum absolute atomic E-state index is 13.2. The molecule has 6 heteroatoms. The highest BCUT2D eigenvalue weighted by molar-refractivity contribution is 5.98. The van der Waals surface area contributed by atoms with Crippen molar-refractivity contribution in [2.45, 2.75) is 0 Å². The van der Waals surface area contributed by atoms with Crippen molar-refractivity contribution in [1.29, 1.82) is 0 Å². The highest BCUT2D eigenvalue weighted by Gasteiger charge is 2.24. The zero-order valence-electron chi connectivity index (χ0n) is 14.1. The molecule has 0 unspecified atom stereocenters. The highest BCUT2D eigenvalue weighted by atomic mass is 16.2. The summed E-state index contributed by atoms with van der Waals surface area (Å²) in [5.74, 6) is 0.441. The third kappa shape index (κ3) is 2.38. The van der Waals surface area contributed by atoms with Crippen LogP contribution in [0.25, 0.3) is 16.6 Å². The number of anilines is 1. The molecule has 0 radical (unpaired) electrons. The number of hydrogen-bond donors (Lipinski definition) is 0. The molecule has 2 aromatic carbocycles. The number of para-hydroxylation sites is 2. The van der Waals surface area contributed by atoms with Crippen molar-refractivity contribution in [2.24, 2.45) is 0 Å². The van der Waals surface area contributed by atoms with E-state index >= 15 is 0 Å². The molecular weight excluding hydrogens is 316 g/mol. The topological polar surface area (TPSA) is 58.4 Å². The molecule has 0 bridgehead atoms. The molecule has 0 saturated carbocycles. The van der Waals surface area contributed by atoms with Crippen molar-refractivity contribution in [2.75, 3.05) is 32.1 Å². The standard InChI is InChI=1S/C19H18N4O2/c1-21-11-12-22(2)19-20-15-9-5-3-7-13(15)18(25)23(19)16-10-6-4-8-14(16)17(21)24/h3-10H,11-12H2,1-2H3. The fourth-order valence-electron chi connectivity index (χ4n) is 3.15. The molecule has 1 aliphatic rings. The lowest BCUT2D eigenvalue weighted by atomic mass is 10.1. The monoisotopic (exact) mass is 334 g/mol. The van der Waals surface area contributed by atoms with Crippen LogP contribution in [0.2, 0.25) is 0 Å². The first-order valence-corrected chi connectivity index (χ1v) is 8.16. The minimum Gasteiger partial charge on any atom is -0.343 e. The highest BCUT2D eigenvalue weighted by Crippen LogP contribution is 2.23. The Morgan fingerprint density at radius 1 is 0.880 bits per heavy atom. The van der Waals surface area contributed by atoms with Gasteiger partial charge >= 0.3 is 0 Å². The summed E-state index contributed by atoms with van der Waals surface area (Å²) in [7, 11) is 3.66. The summed E-state index contributed by atoms with van der Waals surface area (Å²) in [5.41, 5.74) is 1.55. The Bertz CT molecular complexity index is 1040. The second kappa shape index (κ2) is 5.73. The van der Waals surface area contributed by atoms with Crippen LogP contribution in [0, 0.1) is 0 Å². The third-order valence-electron chi connectivity index (χ3n) is 4.59. The van der Waals surface area contributed by atoms with Crippen LogP contribution in [0.5, 0.6) is 0 Å². The van der Waals surface area contributed by atoms with Gasteiger partial charge in [-0.05, 0) is 24.3 Å². The second-order valence-electron chi connectivity index (χ2n) is 6.23. The Labute approximate surface area is 144 Å². The van der Waals surface area contributed by atoms with Gasteiger partial charge in [-0.1, -0.05) is 24.3 Å². The van der Waals surface area contributed by atoms with E-state index in [1.165, 1.54) is 0 Å². The summed E-state index contributed by atoms with van der Waals surface area (Å²) in [6.07, 6.45) is 0. The molecule has 25 heavy (non-hydrogen) atoms. The second-order valence-corrected chi connectivity index (χ2v) is 6.23. The number of likely N-dealkylation sites (N-methyl/N-ethyl adjacent to an activating group) is 2. The zero-order valence-corrected chi connectivity index (χ0v) is 14.1. The largest absolute Gasteiger partial charge is 0.343 e. The lowest BCUT2D eigenvalue weighted by Crippen LogP contribution is -2.35. The van der Waals surface area contributed by atoms with E-state index < -0.39 is 0 Å². The van der Waals surface area contributed by atoms with E-state index in [4.69, 9.17) is 4.98 Å². The average Bonchev–Trinajstić information content (AvgIpc) is 2.68. The van der Waals surface area contributed by atoms with Crippen LogP contribution >= 0.6 is 0 Å². The van der Waals surface area contributed by atoms with Gasteiger partial charge in [0.25, 0.3) is 11.5 Å². The van der Waals surface area contributed by atoms with Gasteiger partial charge in [-0.3, -0.25) is 9.59 Å². The molecule has 0 saturated heterocycles. The molecular formula is C19H18N4O2. The Hall–Kier alpha value is -3.15. The molecule has 1 aliphatic heterocycles. The van der Waals surface area contributed by atoms with E-state index in [9.17, 15) is 9.59 Å². The van der Waals surface area contributed by atoms with E-state index in [0.29, 0.717) is 41.2 Å². The number of carbonyl (C=O) groups is 1. The molecule has 0 aliphatic carbocycles. The Morgan fingerprint density at radius 3 is 2.40 bits per heavy atom. The summed E-state index contributed by atoms with van der Waals surface area (Å²) in [4.78, 5) is 34.3. The normalized spacial score (nSPS) is 14.6. The van der Waals surface area contributed by atoms with Gasteiger partial charge in [-0.15, -0.1) is 0 Å². The number of nitrogens with zero attached hydrogens (tertiary/aromatic N) is 4. The molecule has 0 atom stereocenters. The van der Waals surface area contributed by atoms with Gasteiger partial charge in [0.05, 0.1) is 22.2 Å². The fraction of sp³-hybridized carbons (Fsp3) is 0.211. The van der Waals surface area contributed by atoms with Crippen molar-refractivity contribution >= 4 is 22.8 Å². The predicted octanol–water partition coefficient (Wildman–Crippen LogP) is 1.91. The number of benzene rings is 2. The summed E-state index contributed by atoms with van der Waals surface area (Å²) < 4.78 is 1.55. The molecule has 0 N–H and O–H groups in total. The summed E-state index contributed by atoms with van der Waals surface area (Å²) in [5, 5.41) is 0.537. The van der Waals surface area contributed by atoms with Crippen LogP contribution in [0.1, 0.15) is 10.4 Å². The van der Waals surface area contributed by atoms with Gasteiger partial charge in [-0.25, -0.2) is 9.55 Å². The van der Waals surface area contributed by atoms with Crippen molar-refractivity contribution in [3.63, 3.8) is 0 Å². The Kier molecular flexibility index (Phi) is 3.53. The molecule has 1 aromatic heterocycles. The lowest BCUT2D eigenvalue weighted by molar-refractivity contribution is 0.0799. The Balaban J connectivity index is 2.14. The molecule has 1 amide bonds. The molecule has 126 valence electrons. The maximum Gasteiger partial charge on any atom is 0.267 e. The average molecular weight is 334 g/mol.